The molecule has 0 aliphatic carbocycles. The van der Waals surface area contributed by atoms with E-state index in [9.17, 15) is 14.7 Å². The minimum atomic E-state index is -1.13. The Morgan fingerprint density at radius 3 is 2.21 bits per heavy atom. The van der Waals surface area contributed by atoms with Crippen LogP contribution in [0.3, 0.4) is 0 Å². The van der Waals surface area contributed by atoms with E-state index in [2.05, 4.69) is 0 Å². The van der Waals surface area contributed by atoms with Crippen molar-refractivity contribution in [2.45, 2.75) is 0 Å². The smallest absolute Gasteiger partial charge is 0.335 e. The number of aromatic hydroxyl groups is 2. The maximum Gasteiger partial charge on any atom is 0.335 e. The third-order valence-corrected chi connectivity index (χ3v) is 2.60. The average molecular weight is 258 g/mol. The zero-order valence-electron chi connectivity index (χ0n) is 9.70. The average Bonchev–Trinajstić information content (AvgIpc) is 2.38. The Bertz CT molecular complexity index is 661. The molecule has 0 radical (unpaired) electrons. The highest BCUT2D eigenvalue weighted by molar-refractivity contribution is 6.11. The van der Waals surface area contributed by atoms with Crippen LogP contribution in [-0.4, -0.2) is 27.1 Å². The molecular formula is C14H10O5. The van der Waals surface area contributed by atoms with E-state index < -0.39 is 11.8 Å². The van der Waals surface area contributed by atoms with E-state index in [1.807, 2.05) is 0 Å². The van der Waals surface area contributed by atoms with Crippen LogP contribution in [0.1, 0.15) is 26.3 Å². The molecule has 96 valence electrons. The number of carboxylic acid groups (broad SMARTS) is 1. The van der Waals surface area contributed by atoms with Crippen molar-refractivity contribution in [1.82, 2.24) is 0 Å². The molecule has 2 aromatic rings. The Morgan fingerprint density at radius 2 is 1.58 bits per heavy atom. The van der Waals surface area contributed by atoms with Crippen molar-refractivity contribution in [2.24, 2.45) is 0 Å². The number of carbonyl (C=O) groups is 2. The van der Waals surface area contributed by atoms with Gasteiger partial charge in [-0.25, -0.2) is 4.79 Å². The van der Waals surface area contributed by atoms with E-state index in [1.54, 1.807) is 0 Å². The van der Waals surface area contributed by atoms with Crippen LogP contribution in [0.25, 0.3) is 0 Å². The van der Waals surface area contributed by atoms with Crippen molar-refractivity contribution in [3.05, 3.63) is 59.2 Å². The third kappa shape index (κ3) is 2.55. The molecule has 0 spiro atoms. The largest absolute Gasteiger partial charge is 0.508 e. The van der Waals surface area contributed by atoms with Crippen LogP contribution in [0.15, 0.2) is 42.5 Å². The van der Waals surface area contributed by atoms with Crippen molar-refractivity contribution >= 4 is 11.8 Å². The summed E-state index contributed by atoms with van der Waals surface area (Å²) in [4.78, 5) is 22.9. The molecule has 0 bridgehead atoms. The summed E-state index contributed by atoms with van der Waals surface area (Å²) in [6.45, 7) is 0. The zero-order chi connectivity index (χ0) is 14.0. The fourth-order valence-corrected chi connectivity index (χ4v) is 1.66. The molecule has 0 aromatic heterocycles. The molecule has 0 aliphatic rings. The summed E-state index contributed by atoms with van der Waals surface area (Å²) in [6, 6.07) is 9.12. The fourth-order valence-electron chi connectivity index (χ4n) is 1.66. The van der Waals surface area contributed by atoms with Gasteiger partial charge in [0.2, 0.25) is 0 Å². The molecule has 0 atom stereocenters. The first-order chi connectivity index (χ1) is 8.99. The monoisotopic (exact) mass is 258 g/mol. The minimum Gasteiger partial charge on any atom is -0.508 e. The van der Waals surface area contributed by atoms with Crippen LogP contribution in [-0.2, 0) is 0 Å². The van der Waals surface area contributed by atoms with Gasteiger partial charge >= 0.3 is 5.97 Å². The molecule has 3 N–H and O–H groups in total. The SMILES string of the molecule is O=C(O)c1cccc(C(=O)c2ccc(O)cc2O)c1. The van der Waals surface area contributed by atoms with Crippen LogP contribution in [0.4, 0.5) is 0 Å². The molecular weight excluding hydrogens is 248 g/mol. The first kappa shape index (κ1) is 12.6. The van der Waals surface area contributed by atoms with E-state index in [1.165, 1.54) is 36.4 Å². The number of aromatic carboxylic acids is 1. The van der Waals surface area contributed by atoms with Crippen LogP contribution >= 0.6 is 0 Å². The normalized spacial score (nSPS) is 10.1. The maximum absolute atomic E-state index is 12.1. The van der Waals surface area contributed by atoms with Crippen LogP contribution in [0.2, 0.25) is 0 Å². The lowest BCUT2D eigenvalue weighted by Crippen LogP contribution is -2.04. The van der Waals surface area contributed by atoms with E-state index >= 15 is 0 Å². The van der Waals surface area contributed by atoms with Crippen LogP contribution in [0, 0.1) is 0 Å². The van der Waals surface area contributed by atoms with Gasteiger partial charge in [-0.15, -0.1) is 0 Å². The Balaban J connectivity index is 2.44. The summed E-state index contributed by atoms with van der Waals surface area (Å²) in [5.41, 5.74) is 0.144. The Labute approximate surface area is 108 Å². The van der Waals surface area contributed by atoms with Gasteiger partial charge in [-0.3, -0.25) is 4.79 Å². The summed E-state index contributed by atoms with van der Waals surface area (Å²) in [5, 5.41) is 27.6. The van der Waals surface area contributed by atoms with Gasteiger partial charge in [-0.2, -0.15) is 0 Å². The number of phenols is 2. The second kappa shape index (κ2) is 4.81. The summed E-state index contributed by atoms with van der Waals surface area (Å²) in [5.74, 6) is -2.16. The predicted molar refractivity (Wildman–Crippen MR) is 66.6 cm³/mol. The number of hydrogen-bond donors (Lipinski definition) is 3. The molecule has 5 heteroatoms. The van der Waals surface area contributed by atoms with E-state index in [-0.39, 0.29) is 28.2 Å². The summed E-state index contributed by atoms with van der Waals surface area (Å²) >= 11 is 0. The Kier molecular flexibility index (Phi) is 3.20. The molecule has 0 fully saturated rings. The second-order valence-corrected chi connectivity index (χ2v) is 3.92. The number of ketones is 1. The molecule has 0 saturated heterocycles. The second-order valence-electron chi connectivity index (χ2n) is 3.92. The fraction of sp³-hybridized carbons (Fsp3) is 0. The van der Waals surface area contributed by atoms with E-state index in [0.29, 0.717) is 0 Å². The van der Waals surface area contributed by atoms with Crippen LogP contribution < -0.4 is 0 Å². The van der Waals surface area contributed by atoms with Crippen molar-refractivity contribution in [1.29, 1.82) is 0 Å². The van der Waals surface area contributed by atoms with Crippen molar-refractivity contribution < 1.29 is 24.9 Å². The number of benzene rings is 2. The first-order valence-electron chi connectivity index (χ1n) is 5.39. The molecule has 0 heterocycles. The summed E-state index contributed by atoms with van der Waals surface area (Å²) in [6.07, 6.45) is 0. The number of phenolic OH excluding ortho intramolecular Hbond substituents is 2. The predicted octanol–water partition coefficient (Wildman–Crippen LogP) is 2.03. The standard InChI is InChI=1S/C14H10O5/c15-10-4-5-11(12(16)7-10)13(17)8-2-1-3-9(6-8)14(18)19/h1-7,15-16H,(H,18,19). The van der Waals surface area contributed by atoms with Gasteiger partial charge in [0.15, 0.2) is 5.78 Å². The number of carbonyl (C=O) groups excluding carboxylic acids is 1. The molecule has 5 nitrogen and oxygen atoms in total. The van der Waals surface area contributed by atoms with Gasteiger partial charge < -0.3 is 15.3 Å². The van der Waals surface area contributed by atoms with Gasteiger partial charge in [-0.1, -0.05) is 12.1 Å². The highest BCUT2D eigenvalue weighted by Gasteiger charge is 2.15. The third-order valence-electron chi connectivity index (χ3n) is 2.60. The summed E-state index contributed by atoms with van der Waals surface area (Å²) in [7, 11) is 0. The van der Waals surface area contributed by atoms with Gasteiger partial charge in [0.05, 0.1) is 11.1 Å². The highest BCUT2D eigenvalue weighted by atomic mass is 16.4. The lowest BCUT2D eigenvalue weighted by Gasteiger charge is -2.05. The summed E-state index contributed by atoms with van der Waals surface area (Å²) < 4.78 is 0. The molecule has 2 aromatic carbocycles. The van der Waals surface area contributed by atoms with Gasteiger partial charge in [0, 0.05) is 11.6 Å². The maximum atomic E-state index is 12.1. The van der Waals surface area contributed by atoms with Crippen LogP contribution in [0.5, 0.6) is 11.5 Å². The Hall–Kier alpha value is -2.82. The zero-order valence-corrected chi connectivity index (χ0v) is 9.70. The van der Waals surface area contributed by atoms with Gasteiger partial charge in [0.25, 0.3) is 0 Å². The molecule has 0 unspecified atom stereocenters. The highest BCUT2D eigenvalue weighted by Crippen LogP contribution is 2.25. The van der Waals surface area contributed by atoms with E-state index in [0.717, 1.165) is 6.07 Å². The van der Waals surface area contributed by atoms with Crippen molar-refractivity contribution in [3.8, 4) is 11.5 Å². The Morgan fingerprint density at radius 1 is 0.895 bits per heavy atom. The van der Waals surface area contributed by atoms with Crippen molar-refractivity contribution in [2.75, 3.05) is 0 Å². The number of carboxylic acids is 1. The number of hydrogen-bond acceptors (Lipinski definition) is 4. The minimum absolute atomic E-state index is 0.000314. The molecule has 19 heavy (non-hydrogen) atoms. The lowest BCUT2D eigenvalue weighted by atomic mass is 10.0. The van der Waals surface area contributed by atoms with Gasteiger partial charge in [-0.05, 0) is 24.3 Å². The number of rotatable bonds is 3. The quantitative estimate of drug-likeness (QED) is 0.732. The molecule has 0 amide bonds. The van der Waals surface area contributed by atoms with Crippen molar-refractivity contribution in [3.63, 3.8) is 0 Å². The molecule has 0 aliphatic heterocycles. The van der Waals surface area contributed by atoms with Gasteiger partial charge in [0.1, 0.15) is 11.5 Å². The molecule has 2 rings (SSSR count). The topological polar surface area (TPSA) is 94.8 Å². The first-order valence-corrected chi connectivity index (χ1v) is 5.39. The molecule has 0 saturated carbocycles. The van der Waals surface area contributed by atoms with E-state index in [4.69, 9.17) is 10.2 Å². The lowest BCUT2D eigenvalue weighted by molar-refractivity contribution is 0.0697.